The van der Waals surface area contributed by atoms with Gasteiger partial charge in [-0.1, -0.05) is 6.07 Å². The molecule has 8 heteroatoms. The van der Waals surface area contributed by atoms with Gasteiger partial charge in [0.15, 0.2) is 11.5 Å². The first kappa shape index (κ1) is 17.3. The molecule has 0 aromatic heterocycles. The molecule has 1 atom stereocenters. The second kappa shape index (κ2) is 7.04. The average Bonchev–Trinajstić information content (AvgIpc) is 3.07. The van der Waals surface area contributed by atoms with Crippen LogP contribution < -0.4 is 14.2 Å². The lowest BCUT2D eigenvalue weighted by Crippen LogP contribution is -2.36. The first-order chi connectivity index (χ1) is 10.0. The summed E-state index contributed by atoms with van der Waals surface area (Å²) < 4.78 is 36.2. The van der Waals surface area contributed by atoms with Gasteiger partial charge in [-0.2, -0.15) is 0 Å². The van der Waals surface area contributed by atoms with E-state index in [1.807, 2.05) is 18.2 Å². The first-order valence-corrected chi connectivity index (χ1v) is 9.00. The lowest BCUT2D eigenvalue weighted by atomic mass is 10.1. The van der Waals surface area contributed by atoms with Gasteiger partial charge in [0.2, 0.25) is 16.8 Å². The van der Waals surface area contributed by atoms with Gasteiger partial charge in [-0.25, -0.2) is 13.1 Å². The molecule has 0 bridgehead atoms. The van der Waals surface area contributed by atoms with Gasteiger partial charge in [0.25, 0.3) is 0 Å². The molecule has 1 unspecified atom stereocenters. The lowest BCUT2D eigenvalue weighted by molar-refractivity contribution is 0.173. The van der Waals surface area contributed by atoms with Crippen molar-refractivity contribution in [1.29, 1.82) is 0 Å². The predicted molar refractivity (Wildman–Crippen MR) is 86.2 cm³/mol. The Labute approximate surface area is 137 Å². The molecule has 2 aliphatic rings. The molecule has 6 nitrogen and oxygen atoms in total. The predicted octanol–water partition coefficient (Wildman–Crippen LogP) is 1.52. The summed E-state index contributed by atoms with van der Waals surface area (Å²) in [5, 5.41) is 0. The van der Waals surface area contributed by atoms with E-state index in [0.717, 1.165) is 43.0 Å². The van der Waals surface area contributed by atoms with E-state index in [9.17, 15) is 8.42 Å². The Balaban J connectivity index is 0.00000176. The largest absolute Gasteiger partial charge is 0.454 e. The second-order valence-corrected chi connectivity index (χ2v) is 7.33. The van der Waals surface area contributed by atoms with Crippen LogP contribution in [0.25, 0.3) is 0 Å². The van der Waals surface area contributed by atoms with Crippen molar-refractivity contribution >= 4 is 22.4 Å². The van der Waals surface area contributed by atoms with Gasteiger partial charge < -0.3 is 9.47 Å². The quantitative estimate of drug-likeness (QED) is 0.874. The summed E-state index contributed by atoms with van der Waals surface area (Å²) in [4.78, 5) is 2.32. The Hall–Kier alpha value is -1.02. The van der Waals surface area contributed by atoms with Gasteiger partial charge in [-0.15, -0.1) is 12.4 Å². The van der Waals surface area contributed by atoms with E-state index in [1.165, 1.54) is 6.26 Å². The van der Waals surface area contributed by atoms with Crippen LogP contribution in [-0.4, -0.2) is 46.0 Å². The first-order valence-electron chi connectivity index (χ1n) is 7.11. The number of benzene rings is 1. The summed E-state index contributed by atoms with van der Waals surface area (Å²) in [5.41, 5.74) is 1.05. The highest BCUT2D eigenvalue weighted by atomic mass is 35.5. The van der Waals surface area contributed by atoms with Crippen molar-refractivity contribution in [2.24, 2.45) is 0 Å². The molecular formula is C14H21ClN2O4S. The monoisotopic (exact) mass is 348 g/mol. The number of halogens is 1. The molecule has 0 spiro atoms. The topological polar surface area (TPSA) is 67.9 Å². The molecule has 1 aromatic carbocycles. The molecule has 1 aromatic rings. The third-order valence-corrected chi connectivity index (χ3v) is 4.59. The van der Waals surface area contributed by atoms with Crippen LogP contribution in [0.5, 0.6) is 11.5 Å². The zero-order chi connectivity index (χ0) is 14.9. The van der Waals surface area contributed by atoms with Crippen LogP contribution in [0.1, 0.15) is 24.4 Å². The van der Waals surface area contributed by atoms with Crippen LogP contribution in [0.2, 0.25) is 0 Å². The fraction of sp³-hybridized carbons (Fsp3) is 0.571. The van der Waals surface area contributed by atoms with Gasteiger partial charge in [0, 0.05) is 12.6 Å². The van der Waals surface area contributed by atoms with Crippen molar-refractivity contribution in [2.75, 3.05) is 32.7 Å². The highest BCUT2D eigenvalue weighted by Crippen LogP contribution is 2.36. The number of hydrogen-bond acceptors (Lipinski definition) is 5. The molecule has 2 aliphatic heterocycles. The smallest absolute Gasteiger partial charge is 0.231 e. The third kappa shape index (κ3) is 4.04. The van der Waals surface area contributed by atoms with E-state index in [1.54, 1.807) is 0 Å². The van der Waals surface area contributed by atoms with Crippen molar-refractivity contribution in [3.63, 3.8) is 0 Å². The highest BCUT2D eigenvalue weighted by molar-refractivity contribution is 7.88. The molecule has 0 aliphatic carbocycles. The number of sulfonamides is 1. The maximum Gasteiger partial charge on any atom is 0.231 e. The van der Waals surface area contributed by atoms with Crippen LogP contribution in [0.3, 0.4) is 0 Å². The fourth-order valence-corrected chi connectivity index (χ4v) is 3.32. The van der Waals surface area contributed by atoms with Crippen LogP contribution in [0.4, 0.5) is 0 Å². The van der Waals surface area contributed by atoms with Gasteiger partial charge >= 0.3 is 0 Å². The van der Waals surface area contributed by atoms with Crippen molar-refractivity contribution in [3.8, 4) is 11.5 Å². The van der Waals surface area contributed by atoms with Crippen LogP contribution >= 0.6 is 12.4 Å². The van der Waals surface area contributed by atoms with E-state index in [2.05, 4.69) is 9.62 Å². The van der Waals surface area contributed by atoms with Crippen molar-refractivity contribution in [1.82, 2.24) is 9.62 Å². The number of rotatable bonds is 5. The Bertz CT molecular complexity index is 617. The second-order valence-electron chi connectivity index (χ2n) is 5.49. The van der Waals surface area contributed by atoms with E-state index in [-0.39, 0.29) is 25.2 Å². The fourth-order valence-electron chi connectivity index (χ4n) is 2.86. The number of nitrogens with zero attached hydrogens (tertiary/aromatic N) is 1. The third-order valence-electron chi connectivity index (χ3n) is 3.90. The van der Waals surface area contributed by atoms with E-state index >= 15 is 0 Å². The molecule has 3 rings (SSSR count). The molecule has 0 amide bonds. The number of ether oxygens (including phenoxy) is 2. The molecule has 124 valence electrons. The van der Waals surface area contributed by atoms with Crippen molar-refractivity contribution in [3.05, 3.63) is 23.8 Å². The zero-order valence-electron chi connectivity index (χ0n) is 12.4. The number of likely N-dealkylation sites (tertiary alicyclic amines) is 1. The summed E-state index contributed by atoms with van der Waals surface area (Å²) in [6.45, 7) is 2.60. The van der Waals surface area contributed by atoms with Gasteiger partial charge in [0.05, 0.1) is 6.26 Å². The minimum Gasteiger partial charge on any atom is -0.454 e. The summed E-state index contributed by atoms with van der Waals surface area (Å²) in [6.07, 6.45) is 3.49. The summed E-state index contributed by atoms with van der Waals surface area (Å²) >= 11 is 0. The minimum atomic E-state index is -3.20. The van der Waals surface area contributed by atoms with E-state index < -0.39 is 10.0 Å². The zero-order valence-corrected chi connectivity index (χ0v) is 14.1. The maximum atomic E-state index is 11.4. The van der Waals surface area contributed by atoms with Crippen LogP contribution in [0, 0.1) is 0 Å². The molecule has 1 N–H and O–H groups in total. The molecule has 22 heavy (non-hydrogen) atoms. The normalized spacial score (nSPS) is 19.0. The Morgan fingerprint density at radius 3 is 2.59 bits per heavy atom. The van der Waals surface area contributed by atoms with Gasteiger partial charge in [-0.05, 0) is 43.6 Å². The summed E-state index contributed by atoms with van der Waals surface area (Å²) in [6, 6.07) is 5.86. The standard InChI is InChI=1S/C14H20N2O4S.ClH/c1-21(17,18)15-9-12(16-6-2-3-7-16)11-4-5-13-14(8-11)20-10-19-13;/h4-5,8,12,15H,2-3,6-7,9-10H2,1H3;1H. The van der Waals surface area contributed by atoms with E-state index in [0.29, 0.717) is 6.54 Å². The lowest BCUT2D eigenvalue weighted by Gasteiger charge is -2.28. The SMILES string of the molecule is CS(=O)(=O)NCC(c1ccc2c(c1)OCO2)N1CCCC1.Cl. The minimum absolute atomic E-state index is 0. The Morgan fingerprint density at radius 1 is 1.23 bits per heavy atom. The summed E-state index contributed by atoms with van der Waals surface area (Å²) in [7, 11) is -3.20. The van der Waals surface area contributed by atoms with Crippen molar-refractivity contribution < 1.29 is 17.9 Å². The van der Waals surface area contributed by atoms with Crippen molar-refractivity contribution in [2.45, 2.75) is 18.9 Å². The molecular weight excluding hydrogens is 328 g/mol. The number of hydrogen-bond donors (Lipinski definition) is 1. The van der Waals surface area contributed by atoms with Crippen LogP contribution in [0.15, 0.2) is 18.2 Å². The Morgan fingerprint density at radius 2 is 1.91 bits per heavy atom. The Kier molecular flexibility index (Phi) is 5.55. The number of fused-ring (bicyclic) bond motifs is 1. The van der Waals surface area contributed by atoms with Crippen LogP contribution in [-0.2, 0) is 10.0 Å². The highest BCUT2D eigenvalue weighted by Gasteiger charge is 2.26. The van der Waals surface area contributed by atoms with Gasteiger partial charge in [-0.3, -0.25) is 4.90 Å². The molecule has 0 radical (unpaired) electrons. The molecule has 2 heterocycles. The van der Waals surface area contributed by atoms with E-state index in [4.69, 9.17) is 9.47 Å². The number of nitrogens with one attached hydrogen (secondary N) is 1. The maximum absolute atomic E-state index is 11.4. The average molecular weight is 349 g/mol. The molecule has 0 saturated carbocycles. The molecule has 1 fully saturated rings. The summed E-state index contributed by atoms with van der Waals surface area (Å²) in [5.74, 6) is 1.48. The van der Waals surface area contributed by atoms with Gasteiger partial charge in [0.1, 0.15) is 0 Å². The molecule has 1 saturated heterocycles.